The molecule has 0 spiro atoms. The summed E-state index contributed by atoms with van der Waals surface area (Å²) in [6.45, 7) is 5.75. The number of hydrogen-bond acceptors (Lipinski definition) is 3. The van der Waals surface area contributed by atoms with Crippen molar-refractivity contribution >= 4 is 5.96 Å². The van der Waals surface area contributed by atoms with Crippen LogP contribution in [0.4, 0.5) is 0 Å². The largest absolute Gasteiger partial charge is 0.373 e. The van der Waals surface area contributed by atoms with Crippen LogP contribution in [0, 0.1) is 0 Å². The van der Waals surface area contributed by atoms with E-state index in [-0.39, 0.29) is 5.60 Å². The van der Waals surface area contributed by atoms with Gasteiger partial charge in [-0.2, -0.15) is 0 Å². The van der Waals surface area contributed by atoms with Crippen LogP contribution in [0.1, 0.15) is 36.5 Å². The molecule has 2 aromatic rings. The quantitative estimate of drug-likeness (QED) is 0.541. The van der Waals surface area contributed by atoms with Crippen molar-refractivity contribution in [3.8, 4) is 0 Å². The molecule has 28 heavy (non-hydrogen) atoms. The second-order valence-corrected chi connectivity index (χ2v) is 7.48. The first kappa shape index (κ1) is 20.4. The number of guanidine groups is 1. The minimum absolute atomic E-state index is 0.0843. The van der Waals surface area contributed by atoms with Gasteiger partial charge in [0.25, 0.3) is 0 Å². The Morgan fingerprint density at radius 1 is 1.00 bits per heavy atom. The maximum Gasteiger partial charge on any atom is 0.191 e. The molecule has 1 atom stereocenters. The Kier molecular flexibility index (Phi) is 7.46. The molecular formula is C23H31N3O2. The van der Waals surface area contributed by atoms with Crippen LogP contribution in [0.5, 0.6) is 0 Å². The molecule has 2 N–H and O–H groups in total. The molecule has 0 aromatic heterocycles. The standard InChI is InChI=1S/C23H31N3O2/c1-23(13-6-14-28-23)18-26-22(24-2)25-15-19-9-11-21(12-10-19)17-27-16-20-7-4-3-5-8-20/h3-5,7-12H,6,13-18H2,1-2H3,(H2,24,25,26). The van der Waals surface area contributed by atoms with Crippen molar-refractivity contribution < 1.29 is 9.47 Å². The average Bonchev–Trinajstić information content (AvgIpc) is 3.17. The summed E-state index contributed by atoms with van der Waals surface area (Å²) in [6.07, 6.45) is 2.22. The molecule has 1 heterocycles. The van der Waals surface area contributed by atoms with Crippen LogP contribution in [0.2, 0.25) is 0 Å². The summed E-state index contributed by atoms with van der Waals surface area (Å²) in [5.41, 5.74) is 3.49. The van der Waals surface area contributed by atoms with E-state index in [9.17, 15) is 0 Å². The molecule has 1 saturated heterocycles. The normalized spacial score (nSPS) is 19.6. The number of hydrogen-bond donors (Lipinski definition) is 2. The van der Waals surface area contributed by atoms with Crippen molar-refractivity contribution in [1.82, 2.24) is 10.6 Å². The van der Waals surface area contributed by atoms with Crippen LogP contribution in [0.25, 0.3) is 0 Å². The molecule has 5 heteroatoms. The number of nitrogens with one attached hydrogen (secondary N) is 2. The smallest absolute Gasteiger partial charge is 0.191 e. The van der Waals surface area contributed by atoms with Gasteiger partial charge in [0.05, 0.1) is 18.8 Å². The Bertz CT molecular complexity index is 738. The van der Waals surface area contributed by atoms with Gasteiger partial charge in [-0.1, -0.05) is 54.6 Å². The van der Waals surface area contributed by atoms with Crippen LogP contribution < -0.4 is 10.6 Å². The summed E-state index contributed by atoms with van der Waals surface area (Å²) in [5.74, 6) is 0.798. The molecule has 1 aliphatic rings. The highest BCUT2D eigenvalue weighted by Crippen LogP contribution is 2.23. The van der Waals surface area contributed by atoms with Crippen LogP contribution in [-0.2, 0) is 29.2 Å². The lowest BCUT2D eigenvalue weighted by Gasteiger charge is -2.24. The second kappa shape index (κ2) is 10.2. The zero-order valence-corrected chi connectivity index (χ0v) is 16.9. The van der Waals surface area contributed by atoms with Crippen molar-refractivity contribution in [2.24, 2.45) is 4.99 Å². The van der Waals surface area contributed by atoms with E-state index < -0.39 is 0 Å². The highest BCUT2D eigenvalue weighted by molar-refractivity contribution is 5.79. The molecular weight excluding hydrogens is 350 g/mol. The predicted octanol–water partition coefficient (Wildman–Crippen LogP) is 3.64. The van der Waals surface area contributed by atoms with Gasteiger partial charge in [0.2, 0.25) is 0 Å². The van der Waals surface area contributed by atoms with Gasteiger partial charge in [0.15, 0.2) is 5.96 Å². The zero-order valence-electron chi connectivity index (χ0n) is 16.9. The zero-order chi connectivity index (χ0) is 19.7. The first-order valence-corrected chi connectivity index (χ1v) is 9.95. The third-order valence-electron chi connectivity index (χ3n) is 5.02. The van der Waals surface area contributed by atoms with Gasteiger partial charge in [0, 0.05) is 26.7 Å². The third-order valence-corrected chi connectivity index (χ3v) is 5.02. The molecule has 1 unspecified atom stereocenters. The van der Waals surface area contributed by atoms with Crippen molar-refractivity contribution in [3.63, 3.8) is 0 Å². The molecule has 0 saturated carbocycles. The molecule has 0 amide bonds. The second-order valence-electron chi connectivity index (χ2n) is 7.48. The average molecular weight is 382 g/mol. The molecule has 0 bridgehead atoms. The van der Waals surface area contributed by atoms with Crippen molar-refractivity contribution in [2.75, 3.05) is 20.2 Å². The molecule has 150 valence electrons. The number of ether oxygens (including phenoxy) is 2. The molecule has 5 nitrogen and oxygen atoms in total. The molecule has 0 radical (unpaired) electrons. The van der Waals surface area contributed by atoms with Crippen LogP contribution >= 0.6 is 0 Å². The summed E-state index contributed by atoms with van der Waals surface area (Å²) in [5, 5.41) is 6.73. The van der Waals surface area contributed by atoms with E-state index in [4.69, 9.17) is 9.47 Å². The van der Waals surface area contributed by atoms with Crippen LogP contribution in [0.15, 0.2) is 59.6 Å². The van der Waals surface area contributed by atoms with Crippen molar-refractivity contribution in [1.29, 1.82) is 0 Å². The van der Waals surface area contributed by atoms with E-state index in [0.717, 1.165) is 38.5 Å². The first-order chi connectivity index (χ1) is 13.7. The Balaban J connectivity index is 1.39. The van der Waals surface area contributed by atoms with Gasteiger partial charge < -0.3 is 20.1 Å². The number of rotatable bonds is 8. The van der Waals surface area contributed by atoms with Crippen molar-refractivity contribution in [3.05, 3.63) is 71.3 Å². The Morgan fingerprint density at radius 3 is 2.32 bits per heavy atom. The SMILES string of the molecule is CN=C(NCc1ccc(COCc2ccccc2)cc1)NCC1(C)CCCO1. The van der Waals surface area contributed by atoms with E-state index in [2.05, 4.69) is 58.9 Å². The van der Waals surface area contributed by atoms with Crippen molar-refractivity contribution in [2.45, 2.75) is 45.1 Å². The van der Waals surface area contributed by atoms with E-state index in [1.807, 2.05) is 18.2 Å². The molecule has 3 rings (SSSR count). The maximum atomic E-state index is 5.81. The molecule has 1 aliphatic heterocycles. The van der Waals surface area contributed by atoms with Crippen LogP contribution in [0.3, 0.4) is 0 Å². The number of benzene rings is 2. The van der Waals surface area contributed by atoms with E-state index >= 15 is 0 Å². The summed E-state index contributed by atoms with van der Waals surface area (Å²) < 4.78 is 11.6. The Hall–Kier alpha value is -2.37. The van der Waals surface area contributed by atoms with Gasteiger partial charge in [-0.05, 0) is 36.5 Å². The topological polar surface area (TPSA) is 54.9 Å². The van der Waals surface area contributed by atoms with Gasteiger partial charge >= 0.3 is 0 Å². The van der Waals surface area contributed by atoms with Gasteiger partial charge in [0.1, 0.15) is 0 Å². The van der Waals surface area contributed by atoms with Gasteiger partial charge in [-0.25, -0.2) is 0 Å². The lowest BCUT2D eigenvalue weighted by atomic mass is 10.0. The first-order valence-electron chi connectivity index (χ1n) is 9.95. The lowest BCUT2D eigenvalue weighted by molar-refractivity contribution is 0.0243. The minimum atomic E-state index is -0.0843. The molecule has 0 aliphatic carbocycles. The lowest BCUT2D eigenvalue weighted by Crippen LogP contribution is -2.45. The Labute approximate surface area is 168 Å². The third kappa shape index (κ3) is 6.36. The summed E-state index contributed by atoms with van der Waals surface area (Å²) in [4.78, 5) is 4.30. The molecule has 1 fully saturated rings. The fourth-order valence-electron chi connectivity index (χ4n) is 3.27. The Morgan fingerprint density at radius 2 is 1.68 bits per heavy atom. The maximum absolute atomic E-state index is 5.81. The summed E-state index contributed by atoms with van der Waals surface area (Å²) >= 11 is 0. The summed E-state index contributed by atoms with van der Waals surface area (Å²) in [6, 6.07) is 18.7. The van der Waals surface area contributed by atoms with Gasteiger partial charge in [-0.15, -0.1) is 0 Å². The number of aliphatic imine (C=N–C) groups is 1. The summed E-state index contributed by atoms with van der Waals surface area (Å²) in [7, 11) is 1.79. The highest BCUT2D eigenvalue weighted by atomic mass is 16.5. The predicted molar refractivity (Wildman–Crippen MR) is 113 cm³/mol. The van der Waals surface area contributed by atoms with E-state index in [1.54, 1.807) is 7.05 Å². The van der Waals surface area contributed by atoms with Crippen LogP contribution in [-0.4, -0.2) is 31.8 Å². The van der Waals surface area contributed by atoms with E-state index in [0.29, 0.717) is 13.2 Å². The van der Waals surface area contributed by atoms with E-state index in [1.165, 1.54) is 16.7 Å². The minimum Gasteiger partial charge on any atom is -0.373 e. The molecule has 2 aromatic carbocycles. The monoisotopic (exact) mass is 381 g/mol. The fraction of sp³-hybridized carbons (Fsp3) is 0.435. The van der Waals surface area contributed by atoms with Gasteiger partial charge in [-0.3, -0.25) is 4.99 Å². The fourth-order valence-corrected chi connectivity index (χ4v) is 3.27. The number of nitrogens with zero attached hydrogens (tertiary/aromatic N) is 1. The highest BCUT2D eigenvalue weighted by Gasteiger charge is 2.29.